The predicted octanol–water partition coefficient (Wildman–Crippen LogP) is 2.22. The van der Waals surface area contributed by atoms with Crippen LogP contribution in [0, 0.1) is 17.2 Å². The fourth-order valence-electron chi connectivity index (χ4n) is 3.44. The van der Waals surface area contributed by atoms with Gasteiger partial charge >= 0.3 is 0 Å². The Morgan fingerprint density at radius 1 is 1.24 bits per heavy atom. The molecular weight excluding hydrogens is 260 g/mol. The van der Waals surface area contributed by atoms with E-state index in [9.17, 15) is 5.26 Å². The number of anilines is 1. The molecule has 0 spiro atoms. The maximum atomic E-state index is 9.42. The molecule has 1 fully saturated rings. The summed E-state index contributed by atoms with van der Waals surface area (Å²) in [6.45, 7) is 9.80. The van der Waals surface area contributed by atoms with Crippen molar-refractivity contribution in [2.24, 2.45) is 5.92 Å². The molecule has 3 rings (SSSR count). The molecule has 2 heterocycles. The van der Waals surface area contributed by atoms with E-state index in [2.05, 4.69) is 35.8 Å². The van der Waals surface area contributed by atoms with Crippen LogP contribution < -0.4 is 4.90 Å². The molecule has 1 saturated heterocycles. The van der Waals surface area contributed by atoms with E-state index in [1.165, 1.54) is 17.7 Å². The van der Waals surface area contributed by atoms with Gasteiger partial charge in [0.2, 0.25) is 0 Å². The van der Waals surface area contributed by atoms with E-state index in [-0.39, 0.29) is 0 Å². The highest BCUT2D eigenvalue weighted by Crippen LogP contribution is 2.27. The Balaban J connectivity index is 1.75. The zero-order valence-electron chi connectivity index (χ0n) is 13.1. The Hall–Kier alpha value is -1.60. The van der Waals surface area contributed by atoms with Crippen LogP contribution in [0.5, 0.6) is 0 Å². The van der Waals surface area contributed by atoms with E-state index in [0.717, 1.165) is 56.9 Å². The lowest BCUT2D eigenvalue weighted by Gasteiger charge is -2.36. The first kappa shape index (κ1) is 14.3. The van der Waals surface area contributed by atoms with Gasteiger partial charge in [0.05, 0.1) is 5.56 Å². The second-order valence-electron chi connectivity index (χ2n) is 6.61. The van der Waals surface area contributed by atoms with Crippen LogP contribution in [0.1, 0.15) is 37.1 Å². The quantitative estimate of drug-likeness (QED) is 0.853. The fraction of sp³-hybridized carbons (Fsp3) is 0.647. The Kier molecular flexibility index (Phi) is 4.12. The molecule has 1 aromatic heterocycles. The molecule has 2 aliphatic rings. The summed E-state index contributed by atoms with van der Waals surface area (Å²) >= 11 is 0. The zero-order valence-corrected chi connectivity index (χ0v) is 13.1. The first-order valence-corrected chi connectivity index (χ1v) is 8.07. The van der Waals surface area contributed by atoms with E-state index in [4.69, 9.17) is 4.98 Å². The van der Waals surface area contributed by atoms with Crippen molar-refractivity contribution in [2.75, 3.05) is 37.6 Å². The van der Waals surface area contributed by atoms with Gasteiger partial charge in [-0.2, -0.15) is 5.26 Å². The summed E-state index contributed by atoms with van der Waals surface area (Å²) in [5.41, 5.74) is 3.26. The van der Waals surface area contributed by atoms with Crippen molar-refractivity contribution in [2.45, 2.75) is 33.1 Å². The summed E-state index contributed by atoms with van der Waals surface area (Å²) in [7, 11) is 0. The summed E-state index contributed by atoms with van der Waals surface area (Å²) in [5, 5.41) is 9.42. The van der Waals surface area contributed by atoms with E-state index in [1.54, 1.807) is 0 Å². The average molecular weight is 284 g/mol. The summed E-state index contributed by atoms with van der Waals surface area (Å²) in [6, 6.07) is 4.42. The van der Waals surface area contributed by atoms with Gasteiger partial charge in [-0.15, -0.1) is 0 Å². The lowest BCUT2D eigenvalue weighted by atomic mass is 10.1. The number of nitriles is 1. The van der Waals surface area contributed by atoms with Crippen molar-refractivity contribution in [1.82, 2.24) is 9.88 Å². The van der Waals surface area contributed by atoms with Crippen LogP contribution in [0.3, 0.4) is 0 Å². The molecule has 112 valence electrons. The molecule has 1 aliphatic carbocycles. The molecule has 0 aromatic carbocycles. The van der Waals surface area contributed by atoms with Gasteiger partial charge in [0.15, 0.2) is 0 Å². The lowest BCUT2D eigenvalue weighted by molar-refractivity contribution is 0.231. The van der Waals surface area contributed by atoms with Crippen LogP contribution in [0.2, 0.25) is 0 Å². The lowest BCUT2D eigenvalue weighted by Crippen LogP contribution is -2.48. The number of aromatic nitrogens is 1. The SMILES string of the molecule is CC(C)CN1CCN(c2nc3c(cc2C#N)CCC3)CC1. The highest BCUT2D eigenvalue weighted by molar-refractivity contribution is 5.57. The molecule has 0 bridgehead atoms. The molecular formula is C17H24N4. The molecule has 4 nitrogen and oxygen atoms in total. The van der Waals surface area contributed by atoms with E-state index >= 15 is 0 Å². The molecule has 21 heavy (non-hydrogen) atoms. The van der Waals surface area contributed by atoms with Gasteiger partial charge in [-0.05, 0) is 36.8 Å². The Morgan fingerprint density at radius 2 is 2.00 bits per heavy atom. The molecule has 0 unspecified atom stereocenters. The second-order valence-corrected chi connectivity index (χ2v) is 6.61. The third-order valence-electron chi connectivity index (χ3n) is 4.45. The van der Waals surface area contributed by atoms with Gasteiger partial charge in [0.1, 0.15) is 11.9 Å². The number of pyridine rings is 1. The Morgan fingerprint density at radius 3 is 2.67 bits per heavy atom. The van der Waals surface area contributed by atoms with Crippen molar-refractivity contribution < 1.29 is 0 Å². The first-order valence-electron chi connectivity index (χ1n) is 8.07. The minimum absolute atomic E-state index is 0.712. The third-order valence-corrected chi connectivity index (χ3v) is 4.45. The molecule has 0 N–H and O–H groups in total. The molecule has 1 aliphatic heterocycles. The molecule has 0 saturated carbocycles. The van der Waals surface area contributed by atoms with Gasteiger partial charge < -0.3 is 4.90 Å². The van der Waals surface area contributed by atoms with Crippen LogP contribution in [0.25, 0.3) is 0 Å². The molecule has 1 aromatic rings. The molecule has 0 amide bonds. The van der Waals surface area contributed by atoms with Crippen molar-refractivity contribution in [3.05, 3.63) is 22.9 Å². The topological polar surface area (TPSA) is 43.2 Å². The van der Waals surface area contributed by atoms with Crippen LogP contribution in [0.4, 0.5) is 5.82 Å². The van der Waals surface area contributed by atoms with E-state index in [0.29, 0.717) is 5.92 Å². The van der Waals surface area contributed by atoms with Gasteiger partial charge in [0.25, 0.3) is 0 Å². The first-order chi connectivity index (χ1) is 10.2. The van der Waals surface area contributed by atoms with Crippen LogP contribution >= 0.6 is 0 Å². The van der Waals surface area contributed by atoms with Gasteiger partial charge in [0, 0.05) is 38.4 Å². The number of piperazine rings is 1. The monoisotopic (exact) mass is 284 g/mol. The number of fused-ring (bicyclic) bond motifs is 1. The molecule has 0 radical (unpaired) electrons. The smallest absolute Gasteiger partial charge is 0.146 e. The zero-order chi connectivity index (χ0) is 14.8. The van der Waals surface area contributed by atoms with Crippen LogP contribution in [-0.4, -0.2) is 42.6 Å². The van der Waals surface area contributed by atoms with Crippen molar-refractivity contribution in [1.29, 1.82) is 5.26 Å². The van der Waals surface area contributed by atoms with Gasteiger partial charge in [-0.1, -0.05) is 13.8 Å². The maximum absolute atomic E-state index is 9.42. The van der Waals surface area contributed by atoms with Crippen molar-refractivity contribution in [3.63, 3.8) is 0 Å². The average Bonchev–Trinajstić information content (AvgIpc) is 2.93. The van der Waals surface area contributed by atoms with E-state index < -0.39 is 0 Å². The highest BCUT2D eigenvalue weighted by atomic mass is 15.3. The largest absolute Gasteiger partial charge is 0.353 e. The fourth-order valence-corrected chi connectivity index (χ4v) is 3.44. The number of aryl methyl sites for hydroxylation is 2. The standard InChI is InChI=1S/C17H24N4/c1-13(2)12-20-6-8-21(9-7-20)17-15(11-18)10-14-4-3-5-16(14)19-17/h10,13H,3-9,12H2,1-2H3. The normalized spacial score (nSPS) is 18.9. The number of hydrogen-bond acceptors (Lipinski definition) is 4. The van der Waals surface area contributed by atoms with Gasteiger partial charge in [-0.25, -0.2) is 4.98 Å². The summed E-state index contributed by atoms with van der Waals surface area (Å²) in [5.74, 6) is 1.63. The number of hydrogen-bond donors (Lipinski definition) is 0. The van der Waals surface area contributed by atoms with Crippen LogP contribution in [-0.2, 0) is 12.8 Å². The highest BCUT2D eigenvalue weighted by Gasteiger charge is 2.23. The maximum Gasteiger partial charge on any atom is 0.146 e. The second kappa shape index (κ2) is 6.03. The summed E-state index contributed by atoms with van der Waals surface area (Å²) in [4.78, 5) is 9.63. The Bertz CT molecular complexity index is 551. The minimum Gasteiger partial charge on any atom is -0.353 e. The van der Waals surface area contributed by atoms with Gasteiger partial charge in [-0.3, -0.25) is 4.90 Å². The summed E-state index contributed by atoms with van der Waals surface area (Å²) in [6.07, 6.45) is 3.33. The van der Waals surface area contributed by atoms with Crippen molar-refractivity contribution >= 4 is 5.82 Å². The summed E-state index contributed by atoms with van der Waals surface area (Å²) < 4.78 is 0. The van der Waals surface area contributed by atoms with E-state index in [1.807, 2.05) is 0 Å². The Labute approximate surface area is 127 Å². The van der Waals surface area contributed by atoms with Crippen molar-refractivity contribution in [3.8, 4) is 6.07 Å². The molecule has 0 atom stereocenters. The minimum atomic E-state index is 0.712. The molecule has 4 heteroatoms. The number of nitrogens with zero attached hydrogens (tertiary/aromatic N) is 4. The van der Waals surface area contributed by atoms with Crippen LogP contribution in [0.15, 0.2) is 6.07 Å². The predicted molar refractivity (Wildman–Crippen MR) is 84.5 cm³/mol. The number of rotatable bonds is 3. The third kappa shape index (κ3) is 3.03.